The quantitative estimate of drug-likeness (QED) is 0.659. The molecule has 0 saturated heterocycles. The standard InChI is InChI=1S/C18H15F2N5O4/c1-28-6-11-13(16(21)26)17-22-5-4-12(25(17)24-11)18(27)23-10-7-29-15-8(10)2-3-9(19)14(15)20/h2-5,10H,6-7H2,1H3,(H2,21,26)(H,23,27)/t10-/m1/s1. The molecule has 1 aromatic carbocycles. The van der Waals surface area contributed by atoms with E-state index < -0.39 is 29.5 Å². The lowest BCUT2D eigenvalue weighted by molar-refractivity contribution is 0.0921. The number of hydrogen-bond donors (Lipinski definition) is 2. The van der Waals surface area contributed by atoms with Crippen molar-refractivity contribution in [2.75, 3.05) is 13.7 Å². The highest BCUT2D eigenvalue weighted by atomic mass is 19.2. The Labute approximate surface area is 162 Å². The lowest BCUT2D eigenvalue weighted by atomic mass is 10.1. The zero-order chi connectivity index (χ0) is 20.7. The van der Waals surface area contributed by atoms with Gasteiger partial charge < -0.3 is 20.5 Å². The monoisotopic (exact) mass is 403 g/mol. The number of aromatic nitrogens is 3. The van der Waals surface area contributed by atoms with Crippen molar-refractivity contribution in [1.29, 1.82) is 0 Å². The van der Waals surface area contributed by atoms with Gasteiger partial charge in [0.2, 0.25) is 5.82 Å². The van der Waals surface area contributed by atoms with Crippen LogP contribution in [0, 0.1) is 11.6 Å². The van der Waals surface area contributed by atoms with Crippen molar-refractivity contribution in [1.82, 2.24) is 19.9 Å². The van der Waals surface area contributed by atoms with E-state index >= 15 is 0 Å². The summed E-state index contributed by atoms with van der Waals surface area (Å²) in [7, 11) is 1.43. The van der Waals surface area contributed by atoms with Crippen LogP contribution in [0.3, 0.4) is 0 Å². The summed E-state index contributed by atoms with van der Waals surface area (Å²) in [5.74, 6) is -3.70. The molecule has 0 aliphatic carbocycles. The van der Waals surface area contributed by atoms with Crippen molar-refractivity contribution in [3.63, 3.8) is 0 Å². The van der Waals surface area contributed by atoms with Crippen molar-refractivity contribution < 1.29 is 27.8 Å². The number of benzene rings is 1. The Hall–Kier alpha value is -3.60. The Morgan fingerprint density at radius 1 is 1.38 bits per heavy atom. The Kier molecular flexibility index (Phi) is 4.59. The first-order valence-corrected chi connectivity index (χ1v) is 8.49. The molecule has 2 amide bonds. The second kappa shape index (κ2) is 7.09. The molecule has 2 aromatic heterocycles. The number of hydrogen-bond acceptors (Lipinski definition) is 6. The zero-order valence-electron chi connectivity index (χ0n) is 15.1. The van der Waals surface area contributed by atoms with E-state index in [4.69, 9.17) is 15.2 Å². The number of nitrogens with one attached hydrogen (secondary N) is 1. The summed E-state index contributed by atoms with van der Waals surface area (Å²) in [5.41, 5.74) is 6.20. The minimum absolute atomic E-state index is 0.00261. The van der Waals surface area contributed by atoms with Gasteiger partial charge in [-0.05, 0) is 18.2 Å². The van der Waals surface area contributed by atoms with E-state index in [0.29, 0.717) is 5.56 Å². The van der Waals surface area contributed by atoms with Gasteiger partial charge in [-0.25, -0.2) is 13.9 Å². The third-order valence-corrected chi connectivity index (χ3v) is 4.51. The maximum absolute atomic E-state index is 13.8. The molecule has 0 saturated carbocycles. The van der Waals surface area contributed by atoms with Crippen molar-refractivity contribution in [2.45, 2.75) is 12.6 Å². The van der Waals surface area contributed by atoms with E-state index in [1.54, 1.807) is 0 Å². The van der Waals surface area contributed by atoms with Gasteiger partial charge in [0, 0.05) is 18.9 Å². The highest BCUT2D eigenvalue weighted by Crippen LogP contribution is 2.35. The SMILES string of the molecule is COCc1nn2c(C(=O)N[C@@H]3COc4c3ccc(F)c4F)ccnc2c1C(N)=O. The highest BCUT2D eigenvalue weighted by Gasteiger charge is 2.31. The Morgan fingerprint density at radius 2 is 2.17 bits per heavy atom. The molecule has 9 nitrogen and oxygen atoms in total. The van der Waals surface area contributed by atoms with Crippen LogP contribution in [0.4, 0.5) is 8.78 Å². The number of carbonyl (C=O) groups excluding carboxylic acids is 2. The molecule has 11 heteroatoms. The summed E-state index contributed by atoms with van der Waals surface area (Å²) >= 11 is 0. The number of amides is 2. The first-order chi connectivity index (χ1) is 13.9. The Balaban J connectivity index is 1.70. The van der Waals surface area contributed by atoms with E-state index in [0.717, 1.165) is 6.07 Å². The van der Waals surface area contributed by atoms with Crippen molar-refractivity contribution in [2.24, 2.45) is 5.73 Å². The molecule has 0 unspecified atom stereocenters. The molecule has 1 aliphatic rings. The first-order valence-electron chi connectivity index (χ1n) is 8.49. The molecular formula is C18H15F2N5O4. The molecule has 3 heterocycles. The number of methoxy groups -OCH3 is 1. The molecule has 29 heavy (non-hydrogen) atoms. The van der Waals surface area contributed by atoms with Crippen LogP contribution in [0.5, 0.6) is 5.75 Å². The fraction of sp³-hybridized carbons (Fsp3) is 0.222. The predicted octanol–water partition coefficient (Wildman–Crippen LogP) is 1.12. The summed E-state index contributed by atoms with van der Waals surface area (Å²) in [5, 5.41) is 6.91. The first kappa shape index (κ1) is 18.7. The number of fused-ring (bicyclic) bond motifs is 2. The molecule has 4 rings (SSSR count). The summed E-state index contributed by atoms with van der Waals surface area (Å²) in [6, 6.07) is 3.03. The van der Waals surface area contributed by atoms with Crippen LogP contribution < -0.4 is 15.8 Å². The maximum Gasteiger partial charge on any atom is 0.270 e. The van der Waals surface area contributed by atoms with Gasteiger partial charge in [-0.15, -0.1) is 0 Å². The molecule has 0 spiro atoms. The van der Waals surface area contributed by atoms with Gasteiger partial charge in [0.25, 0.3) is 11.8 Å². The molecule has 1 aliphatic heterocycles. The average Bonchev–Trinajstić information content (AvgIpc) is 3.26. The predicted molar refractivity (Wildman–Crippen MR) is 94.3 cm³/mol. The van der Waals surface area contributed by atoms with Gasteiger partial charge in [0.1, 0.15) is 23.6 Å². The molecule has 0 fully saturated rings. The second-order valence-corrected chi connectivity index (χ2v) is 6.30. The van der Waals surface area contributed by atoms with Crippen LogP contribution in [0.25, 0.3) is 5.65 Å². The van der Waals surface area contributed by atoms with Gasteiger partial charge in [0.15, 0.2) is 17.2 Å². The number of nitrogens with two attached hydrogens (primary N) is 1. The summed E-state index contributed by atoms with van der Waals surface area (Å²) in [6.45, 7) is -0.0619. The third-order valence-electron chi connectivity index (χ3n) is 4.51. The van der Waals surface area contributed by atoms with Crippen molar-refractivity contribution >= 4 is 17.5 Å². The molecule has 3 aromatic rings. The van der Waals surface area contributed by atoms with E-state index in [1.165, 1.54) is 30.0 Å². The van der Waals surface area contributed by atoms with Crippen LogP contribution in [0.2, 0.25) is 0 Å². The minimum Gasteiger partial charge on any atom is -0.488 e. The van der Waals surface area contributed by atoms with E-state index in [2.05, 4.69) is 15.4 Å². The topological polar surface area (TPSA) is 121 Å². The van der Waals surface area contributed by atoms with E-state index in [9.17, 15) is 18.4 Å². The second-order valence-electron chi connectivity index (χ2n) is 6.30. The molecule has 3 N–H and O–H groups in total. The van der Waals surface area contributed by atoms with Gasteiger partial charge >= 0.3 is 0 Å². The molecular weight excluding hydrogens is 388 g/mol. The van der Waals surface area contributed by atoms with Crippen molar-refractivity contribution in [3.05, 3.63) is 58.5 Å². The largest absolute Gasteiger partial charge is 0.488 e. The van der Waals surface area contributed by atoms with Crippen LogP contribution in [0.15, 0.2) is 24.4 Å². The van der Waals surface area contributed by atoms with E-state index in [1.807, 2.05) is 0 Å². The maximum atomic E-state index is 13.8. The number of primary amides is 1. The number of halogens is 2. The van der Waals surface area contributed by atoms with Gasteiger partial charge in [-0.3, -0.25) is 9.59 Å². The van der Waals surface area contributed by atoms with Gasteiger partial charge in [0.05, 0.1) is 12.6 Å². The lowest BCUT2D eigenvalue weighted by Crippen LogP contribution is -2.31. The number of nitrogens with zero attached hydrogens (tertiary/aromatic N) is 3. The Morgan fingerprint density at radius 3 is 2.90 bits per heavy atom. The number of rotatable bonds is 5. The average molecular weight is 403 g/mol. The summed E-state index contributed by atoms with van der Waals surface area (Å²) < 4.78 is 38.6. The normalized spacial score (nSPS) is 15.2. The summed E-state index contributed by atoms with van der Waals surface area (Å²) in [4.78, 5) is 28.8. The van der Waals surface area contributed by atoms with Crippen molar-refractivity contribution in [3.8, 4) is 5.75 Å². The number of ether oxygens (including phenoxy) is 2. The summed E-state index contributed by atoms with van der Waals surface area (Å²) in [6.07, 6.45) is 1.34. The third kappa shape index (κ3) is 3.05. The molecule has 0 radical (unpaired) electrons. The molecule has 150 valence electrons. The van der Waals surface area contributed by atoms with Crippen LogP contribution >= 0.6 is 0 Å². The van der Waals surface area contributed by atoms with Crippen LogP contribution in [-0.2, 0) is 11.3 Å². The smallest absolute Gasteiger partial charge is 0.270 e. The molecule has 0 bridgehead atoms. The minimum atomic E-state index is -1.10. The Bertz CT molecular complexity index is 1150. The fourth-order valence-electron chi connectivity index (χ4n) is 3.23. The van der Waals surface area contributed by atoms with Crippen LogP contribution in [-0.4, -0.2) is 40.1 Å². The fourth-order valence-corrected chi connectivity index (χ4v) is 3.23. The zero-order valence-corrected chi connectivity index (χ0v) is 15.1. The van der Waals surface area contributed by atoms with Gasteiger partial charge in [-0.2, -0.15) is 9.49 Å². The van der Waals surface area contributed by atoms with E-state index in [-0.39, 0.29) is 41.6 Å². The highest BCUT2D eigenvalue weighted by molar-refractivity contribution is 6.01. The van der Waals surface area contributed by atoms with Crippen LogP contribution in [0.1, 0.15) is 38.1 Å². The lowest BCUT2D eigenvalue weighted by Gasteiger charge is -2.12. The van der Waals surface area contributed by atoms with Gasteiger partial charge in [-0.1, -0.05) is 0 Å². The number of carbonyl (C=O) groups is 2. The molecule has 1 atom stereocenters.